The summed E-state index contributed by atoms with van der Waals surface area (Å²) in [6.45, 7) is 11.7. The van der Waals surface area contributed by atoms with Crippen molar-refractivity contribution >= 4 is 17.4 Å². The molecule has 0 unspecified atom stereocenters. The third-order valence-corrected chi connectivity index (χ3v) is 3.56. The predicted octanol–water partition coefficient (Wildman–Crippen LogP) is 2.50. The lowest BCUT2D eigenvalue weighted by Gasteiger charge is -2.41. The van der Waals surface area contributed by atoms with Gasteiger partial charge in [-0.05, 0) is 11.1 Å². The van der Waals surface area contributed by atoms with E-state index in [-0.39, 0.29) is 17.1 Å². The molecule has 1 aromatic carbocycles. The van der Waals surface area contributed by atoms with Crippen LogP contribution in [0, 0.1) is 6.58 Å². The summed E-state index contributed by atoms with van der Waals surface area (Å²) in [6.07, 6.45) is 1.66. The number of ether oxygens (including phenoxy) is 3. The topological polar surface area (TPSA) is 44.8 Å². The van der Waals surface area contributed by atoms with Gasteiger partial charge in [0, 0.05) is 26.4 Å². The van der Waals surface area contributed by atoms with Crippen LogP contribution in [0.3, 0.4) is 0 Å². The Hall–Kier alpha value is -2.17. The quantitative estimate of drug-likeness (QED) is 0.594. The van der Waals surface area contributed by atoms with Gasteiger partial charge in [-0.15, -0.1) is 0 Å². The first-order valence-corrected chi connectivity index (χ1v) is 6.32. The number of hydrogen-bond donors (Lipinski definition) is 0. The van der Waals surface area contributed by atoms with E-state index in [1.807, 2.05) is 18.2 Å². The van der Waals surface area contributed by atoms with Gasteiger partial charge in [0.15, 0.2) is 0 Å². The lowest BCUT2D eigenvalue weighted by molar-refractivity contribution is -0.191. The Morgan fingerprint density at radius 1 is 1.24 bits per heavy atom. The Morgan fingerprint density at radius 2 is 1.86 bits per heavy atom. The number of carbonyl (C=O) groups is 1. The number of Topliss-reactive ketones (excluding diaryl/α,β-unsaturated/α-hetero) is 1. The summed E-state index contributed by atoms with van der Waals surface area (Å²) in [6, 6.07) is 7.31. The molecule has 0 N–H and O–H groups in total. The van der Waals surface area contributed by atoms with E-state index in [1.165, 1.54) is 21.3 Å². The highest BCUT2D eigenvalue weighted by atomic mass is 16.7. The standard InChI is InChI=1S/C17H16O4/c1-6-12-9-7-8-10-13(12)14-15(11(2)19-3)17(20-4,21-5)16(14)18/h6-10H,1H2,3-5H3. The zero-order valence-electron chi connectivity index (χ0n) is 12.2. The van der Waals surface area contributed by atoms with Gasteiger partial charge in [0.2, 0.25) is 5.78 Å². The highest BCUT2D eigenvalue weighted by Crippen LogP contribution is 2.47. The molecule has 0 saturated carbocycles. The van der Waals surface area contributed by atoms with Crippen molar-refractivity contribution in [3.8, 4) is 0 Å². The minimum atomic E-state index is -1.57. The number of benzene rings is 1. The molecule has 1 aliphatic carbocycles. The molecule has 21 heavy (non-hydrogen) atoms. The van der Waals surface area contributed by atoms with Crippen molar-refractivity contribution in [2.45, 2.75) is 5.79 Å². The van der Waals surface area contributed by atoms with Gasteiger partial charge in [-0.1, -0.05) is 36.9 Å². The molecule has 0 spiro atoms. The zero-order valence-corrected chi connectivity index (χ0v) is 12.2. The molecule has 4 nitrogen and oxygen atoms in total. The van der Waals surface area contributed by atoms with Crippen molar-refractivity contribution in [2.75, 3.05) is 21.3 Å². The second kappa shape index (κ2) is 5.68. The summed E-state index contributed by atoms with van der Waals surface area (Å²) < 4.78 is 15.4. The fraction of sp³-hybridized carbons (Fsp3) is 0.235. The maximum atomic E-state index is 12.6. The predicted molar refractivity (Wildman–Crippen MR) is 79.0 cm³/mol. The molecule has 108 valence electrons. The van der Waals surface area contributed by atoms with E-state index in [0.29, 0.717) is 11.1 Å². The summed E-state index contributed by atoms with van der Waals surface area (Å²) in [7, 11) is 4.09. The fourth-order valence-corrected chi connectivity index (χ4v) is 2.49. The molecule has 0 atom stereocenters. The Balaban J connectivity index is 2.72. The van der Waals surface area contributed by atoms with E-state index < -0.39 is 5.79 Å². The Morgan fingerprint density at radius 3 is 2.38 bits per heavy atom. The van der Waals surface area contributed by atoms with Crippen LogP contribution in [0.4, 0.5) is 0 Å². The van der Waals surface area contributed by atoms with Crippen LogP contribution in [0.2, 0.25) is 0 Å². The van der Waals surface area contributed by atoms with Gasteiger partial charge in [-0.2, -0.15) is 0 Å². The van der Waals surface area contributed by atoms with Crippen molar-refractivity contribution in [1.82, 2.24) is 0 Å². The lowest BCUT2D eigenvalue weighted by atomic mass is 9.74. The first kappa shape index (κ1) is 15.2. The van der Waals surface area contributed by atoms with E-state index in [1.54, 1.807) is 12.1 Å². The average Bonchev–Trinajstić information content (AvgIpc) is 2.53. The third-order valence-electron chi connectivity index (χ3n) is 3.56. The van der Waals surface area contributed by atoms with Crippen molar-refractivity contribution in [3.63, 3.8) is 0 Å². The van der Waals surface area contributed by atoms with E-state index in [2.05, 4.69) is 6.58 Å². The molecule has 2 radical (unpaired) electrons. The van der Waals surface area contributed by atoms with E-state index >= 15 is 0 Å². The van der Waals surface area contributed by atoms with Gasteiger partial charge < -0.3 is 14.2 Å². The average molecular weight is 284 g/mol. The van der Waals surface area contributed by atoms with Gasteiger partial charge in [-0.3, -0.25) is 4.79 Å². The monoisotopic (exact) mass is 284 g/mol. The summed E-state index contributed by atoms with van der Waals surface area (Å²) in [5.74, 6) is -2.07. The number of hydrogen-bond acceptors (Lipinski definition) is 4. The Kier molecular flexibility index (Phi) is 4.11. The van der Waals surface area contributed by atoms with Crippen LogP contribution in [0.5, 0.6) is 0 Å². The fourth-order valence-electron chi connectivity index (χ4n) is 2.49. The molecule has 1 aliphatic rings. The van der Waals surface area contributed by atoms with Crippen LogP contribution in [-0.4, -0.2) is 32.9 Å². The van der Waals surface area contributed by atoms with Crippen LogP contribution in [0.1, 0.15) is 11.1 Å². The van der Waals surface area contributed by atoms with Crippen LogP contribution in [0.25, 0.3) is 11.6 Å². The molecule has 0 aliphatic heterocycles. The first-order chi connectivity index (χ1) is 10.1. The largest absolute Gasteiger partial charge is 0.496 e. The van der Waals surface area contributed by atoms with E-state index in [0.717, 1.165) is 5.56 Å². The van der Waals surface area contributed by atoms with Gasteiger partial charge in [-0.25, -0.2) is 0 Å². The number of carbonyl (C=O) groups excluding carboxylic acids is 1. The van der Waals surface area contributed by atoms with Crippen LogP contribution in [-0.2, 0) is 19.0 Å². The maximum absolute atomic E-state index is 12.6. The summed E-state index contributed by atoms with van der Waals surface area (Å²) in [4.78, 5) is 12.6. The van der Waals surface area contributed by atoms with Crippen LogP contribution >= 0.6 is 0 Å². The van der Waals surface area contributed by atoms with Gasteiger partial charge >= 0.3 is 0 Å². The highest BCUT2D eigenvalue weighted by Gasteiger charge is 2.57. The molecule has 4 heteroatoms. The van der Waals surface area contributed by atoms with Crippen molar-refractivity contribution < 1.29 is 19.0 Å². The molecule has 0 bridgehead atoms. The molecule has 0 heterocycles. The van der Waals surface area contributed by atoms with E-state index in [4.69, 9.17) is 20.8 Å². The van der Waals surface area contributed by atoms with Gasteiger partial charge in [0.25, 0.3) is 5.79 Å². The third kappa shape index (κ3) is 2.04. The van der Waals surface area contributed by atoms with E-state index in [9.17, 15) is 4.79 Å². The molecular formula is C17H16O4. The van der Waals surface area contributed by atoms with Crippen molar-refractivity contribution in [2.24, 2.45) is 0 Å². The minimum Gasteiger partial charge on any atom is -0.496 e. The molecule has 2 rings (SSSR count). The van der Waals surface area contributed by atoms with Crippen molar-refractivity contribution in [3.05, 3.63) is 59.9 Å². The smallest absolute Gasteiger partial charge is 0.265 e. The maximum Gasteiger partial charge on any atom is 0.265 e. The summed E-state index contributed by atoms with van der Waals surface area (Å²) in [5.41, 5.74) is 2.12. The lowest BCUT2D eigenvalue weighted by Crippen LogP contribution is -2.54. The van der Waals surface area contributed by atoms with Crippen LogP contribution < -0.4 is 0 Å². The highest BCUT2D eigenvalue weighted by molar-refractivity contribution is 6.35. The zero-order chi connectivity index (χ0) is 15.6. The molecule has 0 saturated heterocycles. The van der Waals surface area contributed by atoms with Gasteiger partial charge in [0.1, 0.15) is 5.76 Å². The van der Waals surface area contributed by atoms with Crippen LogP contribution in [0.15, 0.2) is 42.2 Å². The SMILES string of the molecule is [C]=C(OC)C1=C(c2ccccc2C=C)C(=O)C1(OC)OC. The number of ketones is 1. The Labute approximate surface area is 124 Å². The van der Waals surface area contributed by atoms with Gasteiger partial charge in [0.05, 0.1) is 12.7 Å². The number of rotatable bonds is 6. The van der Waals surface area contributed by atoms with Crippen molar-refractivity contribution in [1.29, 1.82) is 0 Å². The second-order valence-electron chi connectivity index (χ2n) is 4.43. The molecule has 1 aromatic rings. The number of methoxy groups -OCH3 is 3. The second-order valence-corrected chi connectivity index (χ2v) is 4.43. The molecular weight excluding hydrogens is 268 g/mol. The molecule has 0 fully saturated rings. The summed E-state index contributed by atoms with van der Waals surface area (Å²) in [5, 5.41) is 0. The summed E-state index contributed by atoms with van der Waals surface area (Å²) >= 11 is 0. The minimum absolute atomic E-state index is 0.160. The normalized spacial score (nSPS) is 16.4. The molecule has 0 aromatic heterocycles. The first-order valence-electron chi connectivity index (χ1n) is 6.32. The Bertz CT molecular complexity index is 636. The molecule has 0 amide bonds.